The van der Waals surface area contributed by atoms with Gasteiger partial charge in [-0.1, -0.05) is 43.1 Å². The summed E-state index contributed by atoms with van der Waals surface area (Å²) < 4.78 is 34.7. The fourth-order valence-corrected chi connectivity index (χ4v) is 5.79. The molecule has 0 saturated carbocycles. The van der Waals surface area contributed by atoms with Crippen LogP contribution in [0.3, 0.4) is 0 Å². The molecule has 2 N–H and O–H groups in total. The minimum Gasteiger partial charge on any atom is -0.481 e. The first-order valence-corrected chi connectivity index (χ1v) is 14.1. The summed E-state index contributed by atoms with van der Waals surface area (Å²) in [5.74, 6) is -4.55. The zero-order valence-electron chi connectivity index (χ0n) is 21.7. The smallest absolute Gasteiger partial charge is 0.338 e. The highest BCUT2D eigenvalue weighted by atomic mass is 35.5. The summed E-state index contributed by atoms with van der Waals surface area (Å²) in [4.78, 5) is 35.3. The molecule has 2 aliphatic heterocycles. The molecule has 1 aromatic carbocycles. The molecule has 3 heterocycles. The molecule has 0 amide bonds. The first-order chi connectivity index (χ1) is 18.6. The quantitative estimate of drug-likeness (QED) is 0.347. The van der Waals surface area contributed by atoms with E-state index in [1.807, 2.05) is 0 Å². The number of aliphatic carboxylic acids is 1. The van der Waals surface area contributed by atoms with Crippen LogP contribution in [-0.4, -0.2) is 64.4 Å². The van der Waals surface area contributed by atoms with E-state index in [-0.39, 0.29) is 25.1 Å². The summed E-state index contributed by atoms with van der Waals surface area (Å²) in [6, 6.07) is 5.73. The first-order valence-electron chi connectivity index (χ1n) is 12.8. The van der Waals surface area contributed by atoms with Gasteiger partial charge in [0.15, 0.2) is 10.8 Å². The Morgan fingerprint density at radius 2 is 2.13 bits per heavy atom. The lowest BCUT2D eigenvalue weighted by molar-refractivity contribution is -0.141. The van der Waals surface area contributed by atoms with Crippen LogP contribution < -0.4 is 5.32 Å². The van der Waals surface area contributed by atoms with Crippen LogP contribution >= 0.6 is 22.9 Å². The van der Waals surface area contributed by atoms with Gasteiger partial charge in [0.1, 0.15) is 6.04 Å². The number of nitrogens with zero attached hydrogens (tertiary/aromatic N) is 3. The van der Waals surface area contributed by atoms with Gasteiger partial charge in [-0.2, -0.15) is 0 Å². The van der Waals surface area contributed by atoms with E-state index in [9.17, 15) is 23.5 Å². The summed E-state index contributed by atoms with van der Waals surface area (Å²) in [7, 11) is 0. The molecule has 0 bridgehead atoms. The first kappa shape index (κ1) is 29.1. The molecule has 0 radical (unpaired) electrons. The van der Waals surface area contributed by atoms with Crippen molar-refractivity contribution in [2.75, 3.05) is 19.7 Å². The minimum absolute atomic E-state index is 0.0221. The highest BCUT2D eigenvalue weighted by Crippen LogP contribution is 2.39. The molecule has 1 saturated heterocycles. The van der Waals surface area contributed by atoms with E-state index in [1.165, 1.54) is 11.3 Å². The molecule has 210 valence electrons. The standard InChI is InChI=1S/C27H31ClF2N4O4S/c1-3-38-26(37)21-20(14-34-15-27(29,30)13-17(34)8-6-7-16(2)25(35)36)32-23(24-31-11-12-39-24)33-22(21)18-9-4-5-10-19(18)28/h4-5,9-12,16-17,22H,3,6-8,13-15H2,1-2H3,(H,32,33)(H,35,36)/t16?,17-,22+/m1/s1. The van der Waals surface area contributed by atoms with E-state index >= 15 is 0 Å². The van der Waals surface area contributed by atoms with E-state index < -0.39 is 42.4 Å². The van der Waals surface area contributed by atoms with Crippen molar-refractivity contribution >= 4 is 40.7 Å². The molecule has 0 aliphatic carbocycles. The highest BCUT2D eigenvalue weighted by Gasteiger charge is 2.45. The number of thiazole rings is 1. The maximum atomic E-state index is 14.7. The highest BCUT2D eigenvalue weighted by molar-refractivity contribution is 7.11. The van der Waals surface area contributed by atoms with Gasteiger partial charge in [-0.3, -0.25) is 14.7 Å². The molecule has 12 heteroatoms. The molecule has 39 heavy (non-hydrogen) atoms. The Hall–Kier alpha value is -2.89. The van der Waals surface area contributed by atoms with Crippen LogP contribution in [0.5, 0.6) is 0 Å². The predicted octanol–water partition coefficient (Wildman–Crippen LogP) is 5.31. The lowest BCUT2D eigenvalue weighted by Gasteiger charge is -2.31. The number of alkyl halides is 2. The Morgan fingerprint density at radius 1 is 1.36 bits per heavy atom. The molecule has 1 fully saturated rings. The molecule has 0 spiro atoms. The molecule has 4 rings (SSSR count). The third-order valence-electron chi connectivity index (χ3n) is 6.90. The van der Waals surface area contributed by atoms with Crippen molar-refractivity contribution in [1.82, 2.24) is 15.2 Å². The number of carbonyl (C=O) groups excluding carboxylic acids is 1. The van der Waals surface area contributed by atoms with Gasteiger partial charge in [-0.15, -0.1) is 11.3 Å². The van der Waals surface area contributed by atoms with Crippen molar-refractivity contribution in [3.63, 3.8) is 0 Å². The maximum absolute atomic E-state index is 14.7. The van der Waals surface area contributed by atoms with Crippen LogP contribution in [-0.2, 0) is 14.3 Å². The van der Waals surface area contributed by atoms with Gasteiger partial charge >= 0.3 is 11.9 Å². The number of halogens is 3. The lowest BCUT2D eigenvalue weighted by atomic mass is 9.95. The van der Waals surface area contributed by atoms with Gasteiger partial charge in [-0.25, -0.2) is 18.6 Å². The van der Waals surface area contributed by atoms with Crippen LogP contribution in [0.4, 0.5) is 8.78 Å². The lowest BCUT2D eigenvalue weighted by Crippen LogP contribution is -2.41. The molecular formula is C27H31ClF2N4O4S. The summed E-state index contributed by atoms with van der Waals surface area (Å²) in [5.41, 5.74) is 1.19. The number of nitrogens with one attached hydrogen (secondary N) is 1. The number of ether oxygens (including phenoxy) is 1. The van der Waals surface area contributed by atoms with E-state index in [1.54, 1.807) is 54.6 Å². The van der Waals surface area contributed by atoms with Gasteiger partial charge in [0, 0.05) is 46.9 Å². The summed E-state index contributed by atoms with van der Waals surface area (Å²) >= 11 is 7.89. The summed E-state index contributed by atoms with van der Waals surface area (Å²) in [6.07, 6.45) is 2.61. The topological polar surface area (TPSA) is 104 Å². The van der Waals surface area contributed by atoms with Crippen molar-refractivity contribution < 1.29 is 28.2 Å². The third-order valence-corrected chi connectivity index (χ3v) is 8.02. The second kappa shape index (κ2) is 12.5. The molecule has 1 unspecified atom stereocenters. The second-order valence-corrected chi connectivity index (χ2v) is 11.1. The fourth-order valence-electron chi connectivity index (χ4n) is 4.96. The van der Waals surface area contributed by atoms with Gasteiger partial charge in [0.2, 0.25) is 0 Å². The SMILES string of the molecule is CCOC(=O)C1=C(CN2CC(F)(F)C[C@H]2CCCC(C)C(=O)O)NC(c2nccs2)=N[C@H]1c1ccccc1Cl. The van der Waals surface area contributed by atoms with Crippen LogP contribution in [0.25, 0.3) is 0 Å². The number of carboxylic acid groups (broad SMARTS) is 1. The molecule has 2 aliphatic rings. The van der Waals surface area contributed by atoms with E-state index in [4.69, 9.17) is 21.3 Å². The number of likely N-dealkylation sites (tertiary alicyclic amines) is 1. The molecular weight excluding hydrogens is 550 g/mol. The minimum atomic E-state index is -2.91. The Morgan fingerprint density at radius 3 is 2.79 bits per heavy atom. The van der Waals surface area contributed by atoms with Gasteiger partial charge < -0.3 is 15.2 Å². The largest absolute Gasteiger partial charge is 0.481 e. The van der Waals surface area contributed by atoms with Crippen molar-refractivity contribution in [2.24, 2.45) is 10.9 Å². The fraction of sp³-hybridized carbons (Fsp3) is 0.481. The zero-order chi connectivity index (χ0) is 28.2. The normalized spacial score (nSPS) is 21.8. The number of aromatic nitrogens is 1. The molecule has 3 atom stereocenters. The molecule has 8 nitrogen and oxygen atoms in total. The van der Waals surface area contributed by atoms with Crippen LogP contribution in [0.15, 0.2) is 52.1 Å². The van der Waals surface area contributed by atoms with Crippen molar-refractivity contribution in [2.45, 2.75) is 57.5 Å². The zero-order valence-corrected chi connectivity index (χ0v) is 23.3. The Labute approximate surface area is 234 Å². The van der Waals surface area contributed by atoms with Gasteiger partial charge in [-0.05, 0) is 25.8 Å². The Kier molecular flexibility index (Phi) is 9.35. The average molecular weight is 581 g/mol. The average Bonchev–Trinajstić information content (AvgIpc) is 3.51. The van der Waals surface area contributed by atoms with E-state index in [0.717, 1.165) is 0 Å². The van der Waals surface area contributed by atoms with E-state index in [0.29, 0.717) is 46.4 Å². The van der Waals surface area contributed by atoms with Crippen molar-refractivity contribution in [1.29, 1.82) is 0 Å². The number of hydrogen-bond donors (Lipinski definition) is 2. The number of esters is 1. The number of aliphatic imine (C=N–C) groups is 1. The van der Waals surface area contributed by atoms with Crippen LogP contribution in [0, 0.1) is 5.92 Å². The Bertz CT molecular complexity index is 1250. The number of benzene rings is 1. The van der Waals surface area contributed by atoms with Crippen molar-refractivity contribution in [3.8, 4) is 0 Å². The third kappa shape index (κ3) is 7.01. The maximum Gasteiger partial charge on any atom is 0.338 e. The summed E-state index contributed by atoms with van der Waals surface area (Å²) in [6.45, 7) is 2.97. The number of carbonyl (C=O) groups is 2. The monoisotopic (exact) mass is 580 g/mol. The van der Waals surface area contributed by atoms with Crippen molar-refractivity contribution in [3.05, 3.63) is 62.7 Å². The van der Waals surface area contributed by atoms with Gasteiger partial charge in [0.05, 0.1) is 24.6 Å². The number of carboxylic acids is 1. The molecule has 1 aromatic heterocycles. The van der Waals surface area contributed by atoms with Gasteiger partial charge in [0.25, 0.3) is 5.92 Å². The number of amidine groups is 1. The molecule has 2 aromatic rings. The Balaban J connectivity index is 1.70. The summed E-state index contributed by atoms with van der Waals surface area (Å²) in [5, 5.41) is 15.2. The van der Waals surface area contributed by atoms with E-state index in [2.05, 4.69) is 10.3 Å². The second-order valence-electron chi connectivity index (χ2n) is 9.77. The van der Waals surface area contributed by atoms with Crippen LogP contribution in [0.1, 0.15) is 56.1 Å². The number of hydrogen-bond acceptors (Lipinski definition) is 8. The van der Waals surface area contributed by atoms with Crippen LogP contribution in [0.2, 0.25) is 5.02 Å². The predicted molar refractivity (Wildman–Crippen MR) is 145 cm³/mol. The number of rotatable bonds is 11.